The second-order valence-electron chi connectivity index (χ2n) is 5.77. The van der Waals surface area contributed by atoms with Crippen LogP contribution >= 0.6 is 11.8 Å². The lowest BCUT2D eigenvalue weighted by Gasteiger charge is -2.12. The van der Waals surface area contributed by atoms with Gasteiger partial charge in [0.25, 0.3) is 0 Å². The zero-order valence-electron chi connectivity index (χ0n) is 15.1. The number of rotatable bonds is 13. The highest BCUT2D eigenvalue weighted by Crippen LogP contribution is 2.10. The molecule has 0 heterocycles. The fourth-order valence-electron chi connectivity index (χ4n) is 2.21. The number of thioether (sulfide) groups is 1. The van der Waals surface area contributed by atoms with Crippen molar-refractivity contribution < 1.29 is 19.1 Å². The Bertz CT molecular complexity index is 410. The number of hydrogen-bond acceptors (Lipinski definition) is 5. The first-order chi connectivity index (χ1) is 11.5. The van der Waals surface area contributed by atoms with Gasteiger partial charge in [-0.2, -0.15) is 0 Å². The minimum Gasteiger partial charge on any atom is -0.469 e. The minimum atomic E-state index is -0.128. The number of allylic oxidation sites excluding steroid dienone is 1. The molecule has 0 rings (SSSR count). The second kappa shape index (κ2) is 15.2. The van der Waals surface area contributed by atoms with E-state index in [9.17, 15) is 14.4 Å². The molecule has 1 atom stereocenters. The molecule has 5 nitrogen and oxygen atoms in total. The Morgan fingerprint density at radius 1 is 1.04 bits per heavy atom. The maximum absolute atomic E-state index is 11.2. The van der Waals surface area contributed by atoms with E-state index in [1.165, 1.54) is 39.1 Å². The van der Waals surface area contributed by atoms with Crippen molar-refractivity contribution in [3.8, 4) is 0 Å². The summed E-state index contributed by atoms with van der Waals surface area (Å²) in [5, 5.41) is 2.90. The fraction of sp³-hybridized carbons (Fsp3) is 0.722. The number of carbonyl (C=O) groups excluding carboxylic acids is 3. The lowest BCUT2D eigenvalue weighted by Crippen LogP contribution is -2.33. The van der Waals surface area contributed by atoms with E-state index in [2.05, 4.69) is 16.1 Å². The van der Waals surface area contributed by atoms with Gasteiger partial charge in [-0.25, -0.2) is 0 Å². The van der Waals surface area contributed by atoms with Crippen molar-refractivity contribution >= 4 is 28.8 Å². The molecule has 0 radical (unpaired) electrons. The van der Waals surface area contributed by atoms with Crippen LogP contribution in [0.1, 0.15) is 65.2 Å². The highest BCUT2D eigenvalue weighted by molar-refractivity contribution is 8.13. The molecular formula is C18H31NO4S. The standard InChI is InChI=1S/C18H31NO4S/c1-15(20)19-17(14-24-16(2)21)12-10-8-6-4-5-7-9-11-13-18(22)23-3/h10,12,17H,4-9,11,13-14H2,1-3H3,(H,19,20)/t17-/m1/s1. The molecule has 6 heteroatoms. The topological polar surface area (TPSA) is 72.5 Å². The molecule has 0 aliphatic rings. The second-order valence-corrected chi connectivity index (χ2v) is 6.97. The fourth-order valence-corrected chi connectivity index (χ4v) is 2.82. The summed E-state index contributed by atoms with van der Waals surface area (Å²) in [6.45, 7) is 3.02. The highest BCUT2D eigenvalue weighted by Gasteiger charge is 2.07. The predicted molar refractivity (Wildman–Crippen MR) is 98.8 cm³/mol. The third-order valence-corrected chi connectivity index (χ3v) is 4.38. The maximum atomic E-state index is 11.2. The number of unbranched alkanes of at least 4 members (excludes halogenated alkanes) is 6. The van der Waals surface area contributed by atoms with Crippen molar-refractivity contribution in [2.45, 2.75) is 71.3 Å². The molecular weight excluding hydrogens is 326 g/mol. The van der Waals surface area contributed by atoms with Gasteiger partial charge in [0.15, 0.2) is 5.12 Å². The SMILES string of the molecule is COC(=O)CCCCCCCCC=C[C@H](CSC(C)=O)NC(C)=O. The van der Waals surface area contributed by atoms with Crippen LogP contribution in [0.3, 0.4) is 0 Å². The number of carbonyl (C=O) groups is 3. The highest BCUT2D eigenvalue weighted by atomic mass is 32.2. The van der Waals surface area contributed by atoms with E-state index in [-0.39, 0.29) is 23.0 Å². The van der Waals surface area contributed by atoms with Gasteiger partial charge in [-0.1, -0.05) is 49.6 Å². The Morgan fingerprint density at radius 2 is 1.67 bits per heavy atom. The number of nitrogens with one attached hydrogen (secondary N) is 1. The number of hydrogen-bond donors (Lipinski definition) is 1. The van der Waals surface area contributed by atoms with Crippen LogP contribution in [0.4, 0.5) is 0 Å². The molecule has 0 saturated heterocycles. The van der Waals surface area contributed by atoms with Gasteiger partial charge in [0.05, 0.1) is 13.2 Å². The van der Waals surface area contributed by atoms with Crippen LogP contribution in [0, 0.1) is 0 Å². The zero-order valence-corrected chi connectivity index (χ0v) is 16.0. The Kier molecular flexibility index (Phi) is 14.4. The molecule has 0 saturated carbocycles. The summed E-state index contributed by atoms with van der Waals surface area (Å²) in [5.41, 5.74) is 0. The van der Waals surface area contributed by atoms with Gasteiger partial charge in [-0.3, -0.25) is 14.4 Å². The van der Waals surface area contributed by atoms with Crippen LogP contribution in [0.2, 0.25) is 0 Å². The Labute approximate surface area is 150 Å². The molecule has 0 spiro atoms. The van der Waals surface area contributed by atoms with Gasteiger partial charge in [-0.05, 0) is 19.3 Å². The van der Waals surface area contributed by atoms with Crippen LogP contribution < -0.4 is 5.32 Å². The number of amides is 1. The van der Waals surface area contributed by atoms with E-state index in [0.29, 0.717) is 12.2 Å². The largest absolute Gasteiger partial charge is 0.469 e. The minimum absolute atomic E-state index is 0.0611. The first-order valence-corrected chi connectivity index (χ1v) is 9.58. The average Bonchev–Trinajstić information content (AvgIpc) is 2.53. The Hall–Kier alpha value is -1.30. The summed E-state index contributed by atoms with van der Waals surface area (Å²) in [4.78, 5) is 33.1. The van der Waals surface area contributed by atoms with Crippen molar-refractivity contribution in [2.75, 3.05) is 12.9 Å². The van der Waals surface area contributed by atoms with Gasteiger partial charge in [-0.15, -0.1) is 0 Å². The van der Waals surface area contributed by atoms with Gasteiger partial charge in [0.1, 0.15) is 0 Å². The molecule has 0 aliphatic heterocycles. The van der Waals surface area contributed by atoms with Crippen molar-refractivity contribution in [1.82, 2.24) is 5.32 Å². The third-order valence-electron chi connectivity index (χ3n) is 3.45. The van der Waals surface area contributed by atoms with E-state index < -0.39 is 0 Å². The number of ether oxygens (including phenoxy) is 1. The third kappa shape index (κ3) is 15.6. The molecule has 24 heavy (non-hydrogen) atoms. The lowest BCUT2D eigenvalue weighted by atomic mass is 10.1. The van der Waals surface area contributed by atoms with Crippen LogP contribution in [-0.2, 0) is 19.1 Å². The molecule has 0 fully saturated rings. The van der Waals surface area contributed by atoms with E-state index in [0.717, 1.165) is 38.5 Å². The quantitative estimate of drug-likeness (QED) is 0.310. The molecule has 0 unspecified atom stereocenters. The Morgan fingerprint density at radius 3 is 2.25 bits per heavy atom. The van der Waals surface area contributed by atoms with Crippen LogP contribution in [0.5, 0.6) is 0 Å². The zero-order chi connectivity index (χ0) is 18.2. The van der Waals surface area contributed by atoms with Crippen LogP contribution in [0.25, 0.3) is 0 Å². The van der Waals surface area contributed by atoms with Crippen LogP contribution in [0.15, 0.2) is 12.2 Å². The number of esters is 1. The van der Waals surface area contributed by atoms with Gasteiger partial charge in [0, 0.05) is 26.0 Å². The maximum Gasteiger partial charge on any atom is 0.305 e. The summed E-state index contributed by atoms with van der Waals surface area (Å²) in [6, 6.07) is -0.0882. The molecule has 0 bridgehead atoms. The summed E-state index contributed by atoms with van der Waals surface area (Å²) < 4.78 is 4.60. The summed E-state index contributed by atoms with van der Waals surface area (Å²) in [6.07, 6.45) is 12.1. The van der Waals surface area contributed by atoms with Crippen molar-refractivity contribution in [3.05, 3.63) is 12.2 Å². The summed E-state index contributed by atoms with van der Waals surface area (Å²) in [7, 11) is 1.42. The van der Waals surface area contributed by atoms with Crippen molar-refractivity contribution in [2.24, 2.45) is 0 Å². The smallest absolute Gasteiger partial charge is 0.305 e. The first kappa shape index (κ1) is 22.7. The normalized spacial score (nSPS) is 12.1. The predicted octanol–water partition coefficient (Wildman–Crippen LogP) is 3.62. The van der Waals surface area contributed by atoms with Crippen molar-refractivity contribution in [3.63, 3.8) is 0 Å². The van der Waals surface area contributed by atoms with E-state index in [1.807, 2.05) is 6.08 Å². The lowest BCUT2D eigenvalue weighted by molar-refractivity contribution is -0.140. The molecule has 138 valence electrons. The van der Waals surface area contributed by atoms with E-state index >= 15 is 0 Å². The Balaban J connectivity index is 3.70. The molecule has 0 aromatic carbocycles. The molecule has 1 amide bonds. The average molecular weight is 358 g/mol. The first-order valence-electron chi connectivity index (χ1n) is 8.59. The van der Waals surface area contributed by atoms with E-state index in [4.69, 9.17) is 0 Å². The molecule has 1 N–H and O–H groups in total. The van der Waals surface area contributed by atoms with Gasteiger partial charge >= 0.3 is 5.97 Å². The summed E-state index contributed by atoms with van der Waals surface area (Å²) in [5.74, 6) is 0.364. The molecule has 0 aliphatic carbocycles. The van der Waals surface area contributed by atoms with E-state index in [1.54, 1.807) is 0 Å². The molecule has 0 aromatic heterocycles. The van der Waals surface area contributed by atoms with Crippen molar-refractivity contribution in [1.29, 1.82) is 0 Å². The summed E-state index contributed by atoms with van der Waals surface area (Å²) >= 11 is 1.23. The monoisotopic (exact) mass is 357 g/mol. The van der Waals surface area contributed by atoms with Crippen LogP contribution in [-0.4, -0.2) is 35.9 Å². The molecule has 0 aromatic rings. The van der Waals surface area contributed by atoms with Gasteiger partial charge < -0.3 is 10.1 Å². The van der Waals surface area contributed by atoms with Gasteiger partial charge in [0.2, 0.25) is 5.91 Å². The number of methoxy groups -OCH3 is 1.